The molecule has 0 unspecified atom stereocenters. The van der Waals surface area contributed by atoms with Crippen LogP contribution in [0.5, 0.6) is 0 Å². The van der Waals surface area contributed by atoms with Crippen LogP contribution in [0.3, 0.4) is 0 Å². The van der Waals surface area contributed by atoms with E-state index in [9.17, 15) is 31.5 Å². The van der Waals surface area contributed by atoms with E-state index in [1.807, 2.05) is 9.80 Å². The minimum atomic E-state index is -4.23. The van der Waals surface area contributed by atoms with E-state index in [-0.39, 0.29) is 37.1 Å². The predicted octanol–water partition coefficient (Wildman–Crippen LogP) is 3.59. The average molecular weight is 603 g/mol. The van der Waals surface area contributed by atoms with E-state index in [1.165, 1.54) is 18.2 Å². The van der Waals surface area contributed by atoms with Crippen molar-refractivity contribution in [2.75, 3.05) is 62.6 Å². The monoisotopic (exact) mass is 602 g/mol. The lowest BCUT2D eigenvalue weighted by Crippen LogP contribution is -2.47. The molecule has 2 amide bonds. The average Bonchev–Trinajstić information content (AvgIpc) is 3.33. The first-order valence-electron chi connectivity index (χ1n) is 13.3. The highest BCUT2D eigenvalue weighted by molar-refractivity contribution is 6.31. The van der Waals surface area contributed by atoms with Crippen molar-refractivity contribution in [2.45, 2.75) is 31.6 Å². The fraction of sp³-hybridized carbons (Fsp3) is 0.481. The van der Waals surface area contributed by atoms with Gasteiger partial charge in [0.25, 0.3) is 5.91 Å². The maximum atomic E-state index is 14.9. The van der Waals surface area contributed by atoms with Gasteiger partial charge < -0.3 is 21.3 Å². The van der Waals surface area contributed by atoms with Gasteiger partial charge in [-0.1, -0.05) is 17.7 Å². The molecule has 1 atom stereocenters. The summed E-state index contributed by atoms with van der Waals surface area (Å²) in [5.41, 5.74) is 6.00. The van der Waals surface area contributed by atoms with E-state index >= 15 is 0 Å². The zero-order valence-electron chi connectivity index (χ0n) is 22.2. The number of nitrogens with two attached hydrogens (primary N) is 1. The van der Waals surface area contributed by atoms with E-state index < -0.39 is 35.7 Å². The summed E-state index contributed by atoms with van der Waals surface area (Å²) in [5.74, 6) is -3.84. The summed E-state index contributed by atoms with van der Waals surface area (Å²) in [6.45, 7) is 2.55. The van der Waals surface area contributed by atoms with Crippen LogP contribution < -0.4 is 21.3 Å². The van der Waals surface area contributed by atoms with Gasteiger partial charge in [-0.3, -0.25) is 19.4 Å². The van der Waals surface area contributed by atoms with Crippen molar-refractivity contribution in [1.82, 2.24) is 15.1 Å². The van der Waals surface area contributed by atoms with Crippen LogP contribution in [0.1, 0.15) is 28.8 Å². The first-order valence-corrected chi connectivity index (χ1v) is 13.6. The van der Waals surface area contributed by atoms with Crippen LogP contribution in [0, 0.1) is 11.6 Å². The highest BCUT2D eigenvalue weighted by Crippen LogP contribution is 2.31. The number of amides is 2. The third-order valence-electron chi connectivity index (χ3n) is 7.19. The standard InChI is InChI=1S/C27H32ClF5N6O2/c28-18-2-4-21(22(13-18)39-11-9-37(10-12-39)8-6-27(31,32)33)36-26(41)20-3-1-17(24(29)25(20)30)14-35-23(40)16-38-7-5-19(34)15-38/h1-4,13,19H,5-12,14-16,34H2,(H,35,40)(H,36,41)/t19-/m1/s1. The van der Waals surface area contributed by atoms with Crippen LogP contribution in [-0.2, 0) is 11.3 Å². The molecule has 2 saturated heterocycles. The Morgan fingerprint density at radius 2 is 1.73 bits per heavy atom. The first-order chi connectivity index (χ1) is 19.4. The molecular weight excluding hydrogens is 571 g/mol. The zero-order chi connectivity index (χ0) is 29.7. The maximum Gasteiger partial charge on any atom is 0.390 e. The van der Waals surface area contributed by atoms with E-state index in [4.69, 9.17) is 17.3 Å². The Balaban J connectivity index is 1.38. The number of hydrogen-bond donors (Lipinski definition) is 3. The summed E-state index contributed by atoms with van der Waals surface area (Å²) < 4.78 is 67.5. The van der Waals surface area contributed by atoms with Gasteiger partial charge in [-0.05, 0) is 30.7 Å². The SMILES string of the molecule is N[C@@H]1CCN(CC(=O)NCc2ccc(C(=O)Nc3ccc(Cl)cc3N3CCN(CCC(F)(F)F)CC3)c(F)c2F)C1. The van der Waals surface area contributed by atoms with Crippen LogP contribution in [0.2, 0.25) is 5.02 Å². The minimum absolute atomic E-state index is 0.0128. The van der Waals surface area contributed by atoms with Gasteiger partial charge in [0.2, 0.25) is 5.91 Å². The quantitative estimate of drug-likeness (QED) is 0.380. The number of rotatable bonds is 9. The van der Waals surface area contributed by atoms with Crippen molar-refractivity contribution in [1.29, 1.82) is 0 Å². The molecule has 41 heavy (non-hydrogen) atoms. The van der Waals surface area contributed by atoms with Gasteiger partial charge in [0, 0.05) is 69.0 Å². The molecule has 0 aromatic heterocycles. The summed E-state index contributed by atoms with van der Waals surface area (Å²) in [5, 5.41) is 5.52. The number of likely N-dealkylation sites (tertiary alicyclic amines) is 1. The highest BCUT2D eigenvalue weighted by Gasteiger charge is 2.29. The number of nitrogens with zero attached hydrogens (tertiary/aromatic N) is 3. The molecule has 4 N–H and O–H groups in total. The molecule has 8 nitrogen and oxygen atoms in total. The summed E-state index contributed by atoms with van der Waals surface area (Å²) in [4.78, 5) is 30.6. The molecule has 2 aliphatic heterocycles. The second kappa shape index (κ2) is 13.3. The summed E-state index contributed by atoms with van der Waals surface area (Å²) in [6, 6.07) is 7.04. The summed E-state index contributed by atoms with van der Waals surface area (Å²) >= 11 is 6.16. The third-order valence-corrected chi connectivity index (χ3v) is 7.43. The van der Waals surface area contributed by atoms with Gasteiger partial charge in [0.1, 0.15) is 0 Å². The van der Waals surface area contributed by atoms with Gasteiger partial charge >= 0.3 is 6.18 Å². The van der Waals surface area contributed by atoms with Gasteiger partial charge in [-0.15, -0.1) is 0 Å². The van der Waals surface area contributed by atoms with Gasteiger partial charge in [0.15, 0.2) is 11.6 Å². The van der Waals surface area contributed by atoms with E-state index in [0.29, 0.717) is 55.7 Å². The lowest BCUT2D eigenvalue weighted by molar-refractivity contribution is -0.138. The van der Waals surface area contributed by atoms with E-state index in [1.54, 1.807) is 11.0 Å². The van der Waals surface area contributed by atoms with Crippen molar-refractivity contribution in [3.8, 4) is 0 Å². The molecule has 0 radical (unpaired) electrons. The number of nitrogens with one attached hydrogen (secondary N) is 2. The van der Waals surface area contributed by atoms with Crippen LogP contribution >= 0.6 is 11.6 Å². The summed E-state index contributed by atoms with van der Waals surface area (Å²) in [7, 11) is 0. The van der Waals surface area contributed by atoms with Crippen LogP contribution in [-0.4, -0.2) is 86.2 Å². The number of carbonyl (C=O) groups excluding carboxylic acids is 2. The lowest BCUT2D eigenvalue weighted by atomic mass is 10.1. The van der Waals surface area contributed by atoms with Crippen molar-refractivity contribution >= 4 is 34.8 Å². The Morgan fingerprint density at radius 1 is 1.00 bits per heavy atom. The highest BCUT2D eigenvalue weighted by atomic mass is 35.5. The molecule has 0 spiro atoms. The molecule has 0 saturated carbocycles. The Labute approximate surface area is 239 Å². The van der Waals surface area contributed by atoms with Crippen molar-refractivity contribution < 1.29 is 31.5 Å². The third kappa shape index (κ3) is 8.51. The number of piperazine rings is 1. The molecule has 2 heterocycles. The molecule has 2 aliphatic rings. The molecule has 224 valence electrons. The van der Waals surface area contributed by atoms with Gasteiger partial charge in [0.05, 0.1) is 29.9 Å². The molecule has 0 bridgehead atoms. The molecule has 2 aromatic rings. The molecule has 14 heteroatoms. The van der Waals surface area contributed by atoms with Gasteiger partial charge in [-0.2, -0.15) is 13.2 Å². The maximum absolute atomic E-state index is 14.9. The van der Waals surface area contributed by atoms with Crippen LogP contribution in [0.15, 0.2) is 30.3 Å². The van der Waals surface area contributed by atoms with Crippen molar-refractivity contribution in [3.63, 3.8) is 0 Å². The smallest absolute Gasteiger partial charge is 0.367 e. The number of halogens is 6. The Morgan fingerprint density at radius 3 is 2.39 bits per heavy atom. The molecule has 0 aliphatic carbocycles. The number of benzene rings is 2. The zero-order valence-corrected chi connectivity index (χ0v) is 23.0. The molecule has 2 aromatic carbocycles. The normalized spacial score (nSPS) is 18.5. The number of alkyl halides is 3. The second-order valence-electron chi connectivity index (χ2n) is 10.3. The lowest BCUT2D eigenvalue weighted by Gasteiger charge is -2.37. The van der Waals surface area contributed by atoms with Crippen LogP contribution in [0.4, 0.5) is 33.3 Å². The van der Waals surface area contributed by atoms with Gasteiger partial charge in [-0.25, -0.2) is 8.78 Å². The number of hydrogen-bond acceptors (Lipinski definition) is 6. The Bertz CT molecular complexity index is 1260. The van der Waals surface area contributed by atoms with Crippen molar-refractivity contribution in [2.24, 2.45) is 5.73 Å². The largest absolute Gasteiger partial charge is 0.390 e. The molecule has 2 fully saturated rings. The first kappa shape index (κ1) is 30.9. The Kier molecular flexibility index (Phi) is 10.1. The molecule has 4 rings (SSSR count). The topological polar surface area (TPSA) is 93.9 Å². The Hall–Kier alpha value is -3.00. The molecular formula is C27H32ClF5N6O2. The second-order valence-corrected chi connectivity index (χ2v) is 10.7. The fourth-order valence-electron chi connectivity index (χ4n) is 4.92. The summed E-state index contributed by atoms with van der Waals surface area (Å²) in [6.07, 6.45) is -4.34. The van der Waals surface area contributed by atoms with E-state index in [2.05, 4.69) is 10.6 Å². The minimum Gasteiger partial charge on any atom is -0.367 e. The van der Waals surface area contributed by atoms with Crippen molar-refractivity contribution in [3.05, 3.63) is 58.1 Å². The van der Waals surface area contributed by atoms with E-state index in [0.717, 1.165) is 12.5 Å². The fourth-order valence-corrected chi connectivity index (χ4v) is 5.09. The van der Waals surface area contributed by atoms with Crippen LogP contribution in [0.25, 0.3) is 0 Å². The number of carbonyl (C=O) groups is 2. The predicted molar refractivity (Wildman–Crippen MR) is 146 cm³/mol. The number of anilines is 2.